The lowest BCUT2D eigenvalue weighted by Gasteiger charge is -1.99. The van der Waals surface area contributed by atoms with E-state index in [1.54, 1.807) is 0 Å². The third-order valence-electron chi connectivity index (χ3n) is 2.49. The summed E-state index contributed by atoms with van der Waals surface area (Å²) in [5.41, 5.74) is 11.0. The maximum atomic E-state index is 5.49. The van der Waals surface area contributed by atoms with Crippen molar-refractivity contribution in [2.24, 2.45) is 0 Å². The molecule has 8 nitrogen and oxygen atoms in total. The zero-order valence-electron chi connectivity index (χ0n) is 9.50. The number of hydrogen-bond donors (Lipinski definition) is 3. The molecule has 0 bridgehead atoms. The summed E-state index contributed by atoms with van der Waals surface area (Å²) >= 11 is 1.44. The van der Waals surface area contributed by atoms with Crippen LogP contribution in [0.25, 0.3) is 0 Å². The summed E-state index contributed by atoms with van der Waals surface area (Å²) in [6, 6.07) is 0. The summed E-state index contributed by atoms with van der Waals surface area (Å²) in [4.78, 5) is 16.1. The molecule has 3 rings (SSSR count). The van der Waals surface area contributed by atoms with Crippen molar-refractivity contribution in [2.45, 2.75) is 29.7 Å². The predicted molar refractivity (Wildman–Crippen MR) is 66.6 cm³/mol. The zero-order valence-corrected chi connectivity index (χ0v) is 10.3. The summed E-state index contributed by atoms with van der Waals surface area (Å²) in [6.45, 7) is 0. The van der Waals surface area contributed by atoms with Gasteiger partial charge in [-0.3, -0.25) is 5.10 Å². The molecular formula is C9H12N8S. The molecule has 0 amide bonds. The quantitative estimate of drug-likeness (QED) is 0.672. The Hall–Kier alpha value is -1.90. The fourth-order valence-electron chi connectivity index (χ4n) is 1.51. The average molecular weight is 264 g/mol. The molecular weight excluding hydrogens is 252 g/mol. The van der Waals surface area contributed by atoms with Crippen molar-refractivity contribution in [2.75, 3.05) is 11.5 Å². The Kier molecular flexibility index (Phi) is 2.74. The van der Waals surface area contributed by atoms with Gasteiger partial charge < -0.3 is 11.5 Å². The smallest absolute Gasteiger partial charge is 0.225 e. The Morgan fingerprint density at radius 3 is 2.50 bits per heavy atom. The largest absolute Gasteiger partial charge is 0.368 e. The topological polar surface area (TPSA) is 132 Å². The van der Waals surface area contributed by atoms with Crippen LogP contribution in [0, 0.1) is 0 Å². The van der Waals surface area contributed by atoms with Crippen molar-refractivity contribution in [1.29, 1.82) is 0 Å². The number of hydrogen-bond acceptors (Lipinski definition) is 8. The number of aromatic nitrogens is 6. The van der Waals surface area contributed by atoms with Crippen molar-refractivity contribution >= 4 is 23.7 Å². The van der Waals surface area contributed by atoms with Gasteiger partial charge in [-0.25, -0.2) is 4.98 Å². The molecule has 94 valence electrons. The molecule has 0 unspecified atom stereocenters. The fourth-order valence-corrected chi connectivity index (χ4v) is 2.17. The van der Waals surface area contributed by atoms with E-state index >= 15 is 0 Å². The molecule has 0 aromatic carbocycles. The van der Waals surface area contributed by atoms with Gasteiger partial charge in [-0.05, 0) is 12.8 Å². The summed E-state index contributed by atoms with van der Waals surface area (Å²) in [5, 5.41) is 7.76. The number of anilines is 2. The van der Waals surface area contributed by atoms with Crippen LogP contribution in [0.5, 0.6) is 0 Å². The summed E-state index contributed by atoms with van der Waals surface area (Å²) in [5.74, 6) is 2.84. The second kappa shape index (κ2) is 4.41. The summed E-state index contributed by atoms with van der Waals surface area (Å²) in [7, 11) is 0. The SMILES string of the molecule is Nc1nc(N)nc(CSc2n[nH]c(C3CC3)n2)n1. The van der Waals surface area contributed by atoms with Crippen LogP contribution in [0.15, 0.2) is 5.16 Å². The second-order valence-electron chi connectivity index (χ2n) is 4.03. The number of rotatable bonds is 4. The molecule has 5 N–H and O–H groups in total. The molecule has 9 heteroatoms. The zero-order chi connectivity index (χ0) is 12.5. The van der Waals surface area contributed by atoms with Gasteiger partial charge in [0.2, 0.25) is 17.1 Å². The Morgan fingerprint density at radius 1 is 1.11 bits per heavy atom. The van der Waals surface area contributed by atoms with Crippen LogP contribution >= 0.6 is 11.8 Å². The van der Waals surface area contributed by atoms with Gasteiger partial charge in [0.25, 0.3) is 0 Å². The number of nitrogens with two attached hydrogens (primary N) is 2. The molecule has 18 heavy (non-hydrogen) atoms. The minimum atomic E-state index is 0.131. The van der Waals surface area contributed by atoms with E-state index in [0.29, 0.717) is 22.7 Å². The summed E-state index contributed by atoms with van der Waals surface area (Å²) < 4.78 is 0. The van der Waals surface area contributed by atoms with Crippen LogP contribution in [0.2, 0.25) is 0 Å². The van der Waals surface area contributed by atoms with Crippen molar-refractivity contribution < 1.29 is 0 Å². The lowest BCUT2D eigenvalue weighted by molar-refractivity contribution is 0.931. The molecule has 2 aromatic rings. The fraction of sp³-hybridized carbons (Fsp3) is 0.444. The highest BCUT2D eigenvalue weighted by Gasteiger charge is 2.27. The molecule has 2 aromatic heterocycles. The first-order valence-electron chi connectivity index (χ1n) is 5.51. The van der Waals surface area contributed by atoms with E-state index in [1.165, 1.54) is 24.6 Å². The predicted octanol–water partition coefficient (Wildman–Crippen LogP) is 0.324. The van der Waals surface area contributed by atoms with Gasteiger partial charge >= 0.3 is 0 Å². The van der Waals surface area contributed by atoms with Crippen LogP contribution in [-0.4, -0.2) is 30.1 Å². The Morgan fingerprint density at radius 2 is 1.83 bits per heavy atom. The second-order valence-corrected chi connectivity index (χ2v) is 4.98. The van der Waals surface area contributed by atoms with Gasteiger partial charge in [-0.15, -0.1) is 5.10 Å². The molecule has 2 heterocycles. The number of nitrogen functional groups attached to an aromatic ring is 2. The van der Waals surface area contributed by atoms with E-state index in [1.807, 2.05) is 0 Å². The van der Waals surface area contributed by atoms with Gasteiger partial charge in [0.1, 0.15) is 11.6 Å². The Bertz CT molecular complexity index is 543. The molecule has 1 saturated carbocycles. The first-order valence-corrected chi connectivity index (χ1v) is 6.50. The third-order valence-corrected chi connectivity index (χ3v) is 3.34. The number of nitrogens with one attached hydrogen (secondary N) is 1. The lowest BCUT2D eigenvalue weighted by atomic mass is 10.4. The third kappa shape index (κ3) is 2.50. The van der Waals surface area contributed by atoms with Crippen molar-refractivity contribution in [1.82, 2.24) is 30.1 Å². The highest BCUT2D eigenvalue weighted by Crippen LogP contribution is 2.38. The maximum Gasteiger partial charge on any atom is 0.225 e. The number of aromatic amines is 1. The number of thioether (sulfide) groups is 1. The molecule has 0 spiro atoms. The van der Waals surface area contributed by atoms with Gasteiger partial charge in [0.05, 0.1) is 5.75 Å². The molecule has 0 radical (unpaired) electrons. The average Bonchev–Trinajstić information content (AvgIpc) is 3.05. The van der Waals surface area contributed by atoms with Crippen LogP contribution in [0.4, 0.5) is 11.9 Å². The summed E-state index contributed by atoms with van der Waals surface area (Å²) in [6.07, 6.45) is 2.39. The number of nitrogens with zero attached hydrogens (tertiary/aromatic N) is 5. The monoisotopic (exact) mass is 264 g/mol. The van der Waals surface area contributed by atoms with Gasteiger partial charge in [0, 0.05) is 5.92 Å². The highest BCUT2D eigenvalue weighted by molar-refractivity contribution is 7.98. The highest BCUT2D eigenvalue weighted by atomic mass is 32.2. The first-order chi connectivity index (χ1) is 8.70. The number of H-pyrrole nitrogens is 1. The van der Waals surface area contributed by atoms with Gasteiger partial charge in [-0.1, -0.05) is 11.8 Å². The van der Waals surface area contributed by atoms with E-state index in [2.05, 4.69) is 30.1 Å². The maximum absolute atomic E-state index is 5.49. The molecule has 0 saturated heterocycles. The van der Waals surface area contributed by atoms with E-state index in [-0.39, 0.29) is 11.9 Å². The van der Waals surface area contributed by atoms with E-state index in [0.717, 1.165) is 5.82 Å². The normalized spacial score (nSPS) is 14.9. The van der Waals surface area contributed by atoms with Crippen LogP contribution < -0.4 is 11.5 Å². The first kappa shape index (κ1) is 11.2. The standard InChI is InChI=1S/C9H12N8S/c10-7-12-5(13-8(11)15-7)3-18-9-14-6(16-17-9)4-1-2-4/h4H,1-3H2,(H,14,16,17)(H4,10,11,12,13,15). The van der Waals surface area contributed by atoms with Crippen molar-refractivity contribution in [3.63, 3.8) is 0 Å². The minimum Gasteiger partial charge on any atom is -0.368 e. The van der Waals surface area contributed by atoms with Gasteiger partial charge in [-0.2, -0.15) is 15.0 Å². The Labute approximate surface area is 107 Å². The minimum absolute atomic E-state index is 0.131. The molecule has 1 fully saturated rings. The van der Waals surface area contributed by atoms with Crippen LogP contribution in [-0.2, 0) is 5.75 Å². The van der Waals surface area contributed by atoms with E-state index < -0.39 is 0 Å². The van der Waals surface area contributed by atoms with Crippen LogP contribution in [0.1, 0.15) is 30.4 Å². The van der Waals surface area contributed by atoms with Crippen molar-refractivity contribution in [3.8, 4) is 0 Å². The molecule has 0 atom stereocenters. The van der Waals surface area contributed by atoms with Crippen molar-refractivity contribution in [3.05, 3.63) is 11.6 Å². The van der Waals surface area contributed by atoms with Gasteiger partial charge in [0.15, 0.2) is 0 Å². The van der Waals surface area contributed by atoms with E-state index in [9.17, 15) is 0 Å². The Balaban J connectivity index is 1.65. The molecule has 0 aliphatic heterocycles. The molecule has 1 aliphatic rings. The van der Waals surface area contributed by atoms with E-state index in [4.69, 9.17) is 11.5 Å². The van der Waals surface area contributed by atoms with Crippen LogP contribution in [0.3, 0.4) is 0 Å². The molecule has 1 aliphatic carbocycles. The lowest BCUT2D eigenvalue weighted by Crippen LogP contribution is -2.05.